The first kappa shape index (κ1) is 17.7. The zero-order valence-corrected chi connectivity index (χ0v) is 14.7. The van der Waals surface area contributed by atoms with Gasteiger partial charge in [0.2, 0.25) is 0 Å². The molecule has 0 N–H and O–H groups in total. The summed E-state index contributed by atoms with van der Waals surface area (Å²) in [5.74, 6) is 0. The third-order valence-electron chi connectivity index (χ3n) is 4.65. The lowest BCUT2D eigenvalue weighted by Crippen LogP contribution is -2.47. The molecule has 0 aromatic carbocycles. The van der Waals surface area contributed by atoms with Crippen molar-refractivity contribution in [2.75, 3.05) is 27.2 Å². The van der Waals surface area contributed by atoms with Crippen LogP contribution >= 0.6 is 0 Å². The predicted molar refractivity (Wildman–Crippen MR) is 87.8 cm³/mol. The monoisotopic (exact) mass is 325 g/mol. The molecule has 1 saturated heterocycles. The molecular formula is C16H28FN5O. The maximum atomic E-state index is 13.9. The third-order valence-corrected chi connectivity index (χ3v) is 4.65. The number of hydrogen-bond acceptors (Lipinski definition) is 3. The van der Waals surface area contributed by atoms with Gasteiger partial charge in [-0.15, -0.1) is 0 Å². The number of amides is 2. The molecule has 2 heterocycles. The van der Waals surface area contributed by atoms with E-state index in [2.05, 4.69) is 10.00 Å². The van der Waals surface area contributed by atoms with Crippen molar-refractivity contribution >= 4 is 6.03 Å². The molecule has 1 aliphatic rings. The van der Waals surface area contributed by atoms with E-state index in [0.29, 0.717) is 26.1 Å². The Balaban J connectivity index is 1.99. The topological polar surface area (TPSA) is 44.6 Å². The number of urea groups is 1. The lowest BCUT2D eigenvalue weighted by atomic mass is 10.2. The van der Waals surface area contributed by atoms with Crippen molar-refractivity contribution in [1.82, 2.24) is 24.5 Å². The maximum absolute atomic E-state index is 13.9. The van der Waals surface area contributed by atoms with E-state index < -0.39 is 6.17 Å². The molecule has 23 heavy (non-hydrogen) atoms. The molecule has 2 rings (SSSR count). The summed E-state index contributed by atoms with van der Waals surface area (Å²) in [7, 11) is 5.47. The van der Waals surface area contributed by atoms with Crippen LogP contribution in [0.2, 0.25) is 0 Å². The Labute approximate surface area is 137 Å². The summed E-state index contributed by atoms with van der Waals surface area (Å²) < 4.78 is 15.7. The van der Waals surface area contributed by atoms with Gasteiger partial charge in [-0.3, -0.25) is 9.58 Å². The van der Waals surface area contributed by atoms with Crippen LogP contribution < -0.4 is 0 Å². The number of likely N-dealkylation sites (N-methyl/N-ethyl adjacent to an activating group) is 1. The van der Waals surface area contributed by atoms with Gasteiger partial charge in [0, 0.05) is 59.1 Å². The normalized spacial score (nSPS) is 21.9. The molecule has 7 heteroatoms. The van der Waals surface area contributed by atoms with Crippen LogP contribution in [0, 0.1) is 0 Å². The number of nitrogens with zero attached hydrogens (tertiary/aromatic N) is 5. The lowest BCUT2D eigenvalue weighted by Gasteiger charge is -2.32. The highest BCUT2D eigenvalue weighted by molar-refractivity contribution is 5.74. The van der Waals surface area contributed by atoms with Crippen molar-refractivity contribution in [3.63, 3.8) is 0 Å². The maximum Gasteiger partial charge on any atom is 0.319 e. The fourth-order valence-electron chi connectivity index (χ4n) is 2.95. The fraction of sp³-hybridized carbons (Fsp3) is 0.750. The van der Waals surface area contributed by atoms with E-state index in [9.17, 15) is 9.18 Å². The Hall–Kier alpha value is -1.63. The van der Waals surface area contributed by atoms with Gasteiger partial charge in [-0.05, 0) is 26.3 Å². The van der Waals surface area contributed by atoms with Gasteiger partial charge in [0.1, 0.15) is 6.17 Å². The smallest absolute Gasteiger partial charge is 0.319 e. The van der Waals surface area contributed by atoms with Gasteiger partial charge in [0.05, 0.1) is 5.69 Å². The van der Waals surface area contributed by atoms with Gasteiger partial charge in [0.25, 0.3) is 0 Å². The van der Waals surface area contributed by atoms with E-state index >= 15 is 0 Å². The molecule has 0 radical (unpaired) electrons. The zero-order valence-electron chi connectivity index (χ0n) is 14.7. The third kappa shape index (κ3) is 4.22. The first-order chi connectivity index (χ1) is 10.8. The number of aryl methyl sites for hydroxylation is 1. The summed E-state index contributed by atoms with van der Waals surface area (Å²) in [6, 6.07) is 2.11. The highest BCUT2D eigenvalue weighted by atomic mass is 19.1. The van der Waals surface area contributed by atoms with Crippen molar-refractivity contribution in [2.24, 2.45) is 7.05 Å². The molecular weight excluding hydrogens is 297 g/mol. The van der Waals surface area contributed by atoms with Gasteiger partial charge >= 0.3 is 6.03 Å². The molecule has 0 unspecified atom stereocenters. The second-order valence-corrected chi connectivity index (χ2v) is 6.73. The Bertz CT molecular complexity index is 532. The first-order valence-electron chi connectivity index (χ1n) is 8.12. The van der Waals surface area contributed by atoms with Gasteiger partial charge in [-0.25, -0.2) is 9.18 Å². The molecule has 0 spiro atoms. The van der Waals surface area contributed by atoms with E-state index in [1.54, 1.807) is 30.1 Å². The van der Waals surface area contributed by atoms with E-state index in [0.717, 1.165) is 5.69 Å². The molecule has 1 aromatic heterocycles. The second-order valence-electron chi connectivity index (χ2n) is 6.73. The average Bonchev–Trinajstić information content (AvgIpc) is 3.04. The summed E-state index contributed by atoms with van der Waals surface area (Å²) in [5.41, 5.74) is 1.05. The van der Waals surface area contributed by atoms with Crippen LogP contribution in [0.25, 0.3) is 0 Å². The average molecular weight is 325 g/mol. The standard InChI is InChI=1S/C16H28FN5O/c1-12(2)20(4)16(23)19(3)10-15-8-13(17)9-22(15)11-14-6-7-18-21(14)5/h6-7,12-13,15H,8-11H2,1-5H3/t13-,15-/m0/s1. The minimum atomic E-state index is -0.834. The lowest BCUT2D eigenvalue weighted by molar-refractivity contribution is 0.141. The van der Waals surface area contributed by atoms with E-state index in [1.165, 1.54) is 0 Å². The number of carbonyl (C=O) groups excluding carboxylic acids is 1. The quantitative estimate of drug-likeness (QED) is 0.828. The van der Waals surface area contributed by atoms with Crippen molar-refractivity contribution in [3.05, 3.63) is 18.0 Å². The SMILES string of the molecule is CC(C)N(C)C(=O)N(C)C[C@@H]1C[C@H](F)CN1Cc1ccnn1C. The number of halogens is 1. The molecule has 1 fully saturated rings. The van der Waals surface area contributed by atoms with Crippen LogP contribution in [0.5, 0.6) is 0 Å². The molecule has 6 nitrogen and oxygen atoms in total. The van der Waals surface area contributed by atoms with Crippen LogP contribution in [-0.4, -0.2) is 76.0 Å². The van der Waals surface area contributed by atoms with E-state index in [4.69, 9.17) is 0 Å². The highest BCUT2D eigenvalue weighted by Crippen LogP contribution is 2.23. The predicted octanol–water partition coefficient (Wildman–Crippen LogP) is 1.72. The molecule has 0 aliphatic carbocycles. The van der Waals surface area contributed by atoms with E-state index in [-0.39, 0.29) is 18.1 Å². The minimum absolute atomic E-state index is 0.0252. The van der Waals surface area contributed by atoms with Crippen molar-refractivity contribution < 1.29 is 9.18 Å². The number of hydrogen-bond donors (Lipinski definition) is 0. The van der Waals surface area contributed by atoms with Crippen LogP contribution in [0.1, 0.15) is 26.0 Å². The molecule has 2 atom stereocenters. The number of carbonyl (C=O) groups is 1. The van der Waals surface area contributed by atoms with Crippen molar-refractivity contribution in [3.8, 4) is 0 Å². The van der Waals surface area contributed by atoms with Gasteiger partial charge in [-0.2, -0.15) is 5.10 Å². The molecule has 2 amide bonds. The Morgan fingerprint density at radius 1 is 1.48 bits per heavy atom. The summed E-state index contributed by atoms with van der Waals surface area (Å²) >= 11 is 0. The van der Waals surface area contributed by atoms with Crippen molar-refractivity contribution in [1.29, 1.82) is 0 Å². The molecule has 0 saturated carbocycles. The Morgan fingerprint density at radius 3 is 2.74 bits per heavy atom. The number of rotatable bonds is 5. The summed E-state index contributed by atoms with van der Waals surface area (Å²) in [6.45, 7) is 5.57. The number of alkyl halides is 1. The van der Waals surface area contributed by atoms with Gasteiger partial charge in [0.15, 0.2) is 0 Å². The molecule has 1 aliphatic heterocycles. The molecule has 130 valence electrons. The zero-order chi connectivity index (χ0) is 17.1. The van der Waals surface area contributed by atoms with E-state index in [1.807, 2.05) is 31.6 Å². The molecule has 1 aromatic rings. The second kappa shape index (κ2) is 7.29. The molecule has 0 bridgehead atoms. The summed E-state index contributed by atoms with van der Waals surface area (Å²) in [6.07, 6.45) is 1.39. The minimum Gasteiger partial charge on any atom is -0.326 e. The fourth-order valence-corrected chi connectivity index (χ4v) is 2.95. The van der Waals surface area contributed by atoms with Gasteiger partial charge in [-0.1, -0.05) is 0 Å². The number of likely N-dealkylation sites (tertiary alicyclic amines) is 1. The van der Waals surface area contributed by atoms with Crippen LogP contribution in [0.4, 0.5) is 9.18 Å². The summed E-state index contributed by atoms with van der Waals surface area (Å²) in [4.78, 5) is 17.9. The number of aromatic nitrogens is 2. The van der Waals surface area contributed by atoms with Crippen LogP contribution in [0.3, 0.4) is 0 Å². The van der Waals surface area contributed by atoms with Crippen LogP contribution in [-0.2, 0) is 13.6 Å². The summed E-state index contributed by atoms with van der Waals surface area (Å²) in [5, 5.41) is 4.16. The van der Waals surface area contributed by atoms with Gasteiger partial charge < -0.3 is 9.80 Å². The largest absolute Gasteiger partial charge is 0.326 e. The first-order valence-corrected chi connectivity index (χ1v) is 8.12. The Morgan fingerprint density at radius 2 is 2.17 bits per heavy atom. The Kier molecular flexibility index (Phi) is 5.62. The van der Waals surface area contributed by atoms with Crippen molar-refractivity contribution in [2.45, 2.75) is 45.1 Å². The van der Waals surface area contributed by atoms with Crippen LogP contribution in [0.15, 0.2) is 12.3 Å². The highest BCUT2D eigenvalue weighted by Gasteiger charge is 2.34.